The highest BCUT2D eigenvalue weighted by atomic mass is 16.5. The number of rotatable bonds is 8. The Kier molecular flexibility index (Phi) is 6.22. The summed E-state index contributed by atoms with van der Waals surface area (Å²) in [5.41, 5.74) is 0. The minimum Gasteiger partial charge on any atom is -0.377 e. The van der Waals surface area contributed by atoms with Gasteiger partial charge in [0.15, 0.2) is 0 Å². The first-order valence-electron chi connectivity index (χ1n) is 6.50. The molecular formula is C13H25N3O. The van der Waals surface area contributed by atoms with E-state index in [1.165, 1.54) is 0 Å². The molecule has 0 saturated heterocycles. The molecule has 0 bridgehead atoms. The van der Waals surface area contributed by atoms with Gasteiger partial charge in [-0.05, 0) is 26.8 Å². The Morgan fingerprint density at radius 3 is 2.76 bits per heavy atom. The van der Waals surface area contributed by atoms with E-state index >= 15 is 0 Å². The minimum atomic E-state index is 0.211. The van der Waals surface area contributed by atoms with E-state index in [0.29, 0.717) is 6.04 Å². The van der Waals surface area contributed by atoms with Crippen LogP contribution in [-0.4, -0.2) is 34.8 Å². The molecule has 17 heavy (non-hydrogen) atoms. The molecule has 0 aromatic carbocycles. The normalized spacial score (nSPS) is 14.8. The molecule has 0 aliphatic carbocycles. The Hall–Kier alpha value is -0.870. The van der Waals surface area contributed by atoms with Gasteiger partial charge in [-0.3, -0.25) is 0 Å². The fourth-order valence-electron chi connectivity index (χ4n) is 1.90. The molecule has 1 aromatic rings. The SMILES string of the molecule is CCCNC(Cc1nccn1C)C(C)OCC. The van der Waals surface area contributed by atoms with Crippen LogP contribution in [0.5, 0.6) is 0 Å². The highest BCUT2D eigenvalue weighted by molar-refractivity contribution is 4.96. The Bertz CT molecular complexity index is 311. The van der Waals surface area contributed by atoms with Crippen LogP contribution in [0.1, 0.15) is 33.0 Å². The average molecular weight is 239 g/mol. The maximum Gasteiger partial charge on any atom is 0.110 e. The lowest BCUT2D eigenvalue weighted by molar-refractivity contribution is 0.0469. The van der Waals surface area contributed by atoms with Crippen molar-refractivity contribution >= 4 is 0 Å². The molecule has 0 radical (unpaired) electrons. The molecule has 0 spiro atoms. The number of hydrogen-bond acceptors (Lipinski definition) is 3. The molecule has 4 heteroatoms. The highest BCUT2D eigenvalue weighted by Crippen LogP contribution is 2.07. The van der Waals surface area contributed by atoms with Crippen LogP contribution in [0.4, 0.5) is 0 Å². The molecule has 2 unspecified atom stereocenters. The summed E-state index contributed by atoms with van der Waals surface area (Å²) in [6.07, 6.45) is 6.08. The molecule has 1 heterocycles. The van der Waals surface area contributed by atoms with Crippen molar-refractivity contribution in [2.45, 2.75) is 45.8 Å². The Morgan fingerprint density at radius 1 is 1.47 bits per heavy atom. The van der Waals surface area contributed by atoms with Gasteiger partial charge in [0.2, 0.25) is 0 Å². The van der Waals surface area contributed by atoms with Crippen LogP contribution in [0.25, 0.3) is 0 Å². The van der Waals surface area contributed by atoms with Gasteiger partial charge in [0.1, 0.15) is 5.82 Å². The van der Waals surface area contributed by atoms with Crippen LogP contribution in [0.3, 0.4) is 0 Å². The van der Waals surface area contributed by atoms with Gasteiger partial charge in [-0.2, -0.15) is 0 Å². The standard InChI is InChI=1S/C13H25N3O/c1-5-7-14-12(11(3)17-6-2)10-13-15-8-9-16(13)4/h8-9,11-12,14H,5-7,10H2,1-4H3. The van der Waals surface area contributed by atoms with Gasteiger partial charge >= 0.3 is 0 Å². The first-order valence-corrected chi connectivity index (χ1v) is 6.50. The van der Waals surface area contributed by atoms with Crippen LogP contribution in [0.2, 0.25) is 0 Å². The molecule has 0 saturated carbocycles. The second kappa shape index (κ2) is 7.45. The molecule has 98 valence electrons. The molecule has 0 aliphatic heterocycles. The summed E-state index contributed by atoms with van der Waals surface area (Å²) >= 11 is 0. The first-order chi connectivity index (χ1) is 8.19. The summed E-state index contributed by atoms with van der Waals surface area (Å²) in [6.45, 7) is 8.11. The highest BCUT2D eigenvalue weighted by Gasteiger charge is 2.18. The van der Waals surface area contributed by atoms with E-state index in [9.17, 15) is 0 Å². The van der Waals surface area contributed by atoms with Gasteiger partial charge in [0.05, 0.1) is 6.10 Å². The van der Waals surface area contributed by atoms with Crippen molar-refractivity contribution < 1.29 is 4.74 Å². The van der Waals surface area contributed by atoms with Gasteiger partial charge in [-0.1, -0.05) is 6.92 Å². The van der Waals surface area contributed by atoms with E-state index in [1.807, 2.05) is 26.4 Å². The molecule has 2 atom stereocenters. The zero-order valence-electron chi connectivity index (χ0n) is 11.4. The van der Waals surface area contributed by atoms with Gasteiger partial charge in [-0.15, -0.1) is 0 Å². The van der Waals surface area contributed by atoms with E-state index in [0.717, 1.165) is 31.8 Å². The molecule has 1 N–H and O–H groups in total. The van der Waals surface area contributed by atoms with E-state index < -0.39 is 0 Å². The zero-order valence-corrected chi connectivity index (χ0v) is 11.4. The molecule has 0 aliphatic rings. The zero-order chi connectivity index (χ0) is 12.7. The molecule has 1 aromatic heterocycles. The fraction of sp³-hybridized carbons (Fsp3) is 0.769. The predicted octanol–water partition coefficient (Wildman–Crippen LogP) is 1.76. The van der Waals surface area contributed by atoms with Crippen molar-refractivity contribution in [1.29, 1.82) is 0 Å². The van der Waals surface area contributed by atoms with Crippen molar-refractivity contribution in [1.82, 2.24) is 14.9 Å². The van der Waals surface area contributed by atoms with Crippen molar-refractivity contribution in [3.63, 3.8) is 0 Å². The quantitative estimate of drug-likeness (QED) is 0.751. The van der Waals surface area contributed by atoms with Gasteiger partial charge in [0, 0.05) is 38.5 Å². The van der Waals surface area contributed by atoms with Crippen LogP contribution in [0, 0.1) is 0 Å². The van der Waals surface area contributed by atoms with Gasteiger partial charge in [-0.25, -0.2) is 4.98 Å². The number of imidazole rings is 1. The minimum absolute atomic E-state index is 0.211. The molecule has 1 rings (SSSR count). The predicted molar refractivity (Wildman–Crippen MR) is 70.1 cm³/mol. The van der Waals surface area contributed by atoms with Crippen LogP contribution in [0.15, 0.2) is 12.4 Å². The molecule has 0 fully saturated rings. The smallest absolute Gasteiger partial charge is 0.110 e. The number of nitrogens with one attached hydrogen (secondary N) is 1. The summed E-state index contributed by atoms with van der Waals surface area (Å²) in [4.78, 5) is 4.37. The third kappa shape index (κ3) is 4.48. The van der Waals surface area contributed by atoms with E-state index in [2.05, 4.69) is 28.7 Å². The van der Waals surface area contributed by atoms with E-state index in [1.54, 1.807) is 0 Å². The molecule has 4 nitrogen and oxygen atoms in total. The summed E-state index contributed by atoms with van der Waals surface area (Å²) in [6, 6.07) is 0.330. The fourth-order valence-corrected chi connectivity index (χ4v) is 1.90. The van der Waals surface area contributed by atoms with E-state index in [-0.39, 0.29) is 6.10 Å². The first kappa shape index (κ1) is 14.2. The Balaban J connectivity index is 2.59. The summed E-state index contributed by atoms with van der Waals surface area (Å²) in [5, 5.41) is 3.54. The lowest BCUT2D eigenvalue weighted by Crippen LogP contribution is -2.42. The van der Waals surface area contributed by atoms with Crippen LogP contribution >= 0.6 is 0 Å². The van der Waals surface area contributed by atoms with Crippen molar-refractivity contribution in [3.05, 3.63) is 18.2 Å². The number of hydrogen-bond donors (Lipinski definition) is 1. The Morgan fingerprint density at radius 2 is 2.24 bits per heavy atom. The molecular weight excluding hydrogens is 214 g/mol. The van der Waals surface area contributed by atoms with Gasteiger partial charge < -0.3 is 14.6 Å². The average Bonchev–Trinajstić information content (AvgIpc) is 2.70. The van der Waals surface area contributed by atoms with Crippen molar-refractivity contribution in [3.8, 4) is 0 Å². The third-order valence-corrected chi connectivity index (χ3v) is 2.98. The maximum atomic E-state index is 5.69. The number of aryl methyl sites for hydroxylation is 1. The topological polar surface area (TPSA) is 39.1 Å². The molecule has 0 amide bonds. The lowest BCUT2D eigenvalue weighted by Gasteiger charge is -2.24. The number of ether oxygens (including phenoxy) is 1. The Labute approximate surface area is 104 Å². The van der Waals surface area contributed by atoms with Crippen LogP contribution < -0.4 is 5.32 Å². The second-order valence-corrected chi connectivity index (χ2v) is 4.38. The van der Waals surface area contributed by atoms with Crippen molar-refractivity contribution in [2.75, 3.05) is 13.2 Å². The lowest BCUT2D eigenvalue weighted by atomic mass is 10.1. The largest absolute Gasteiger partial charge is 0.377 e. The second-order valence-electron chi connectivity index (χ2n) is 4.38. The number of nitrogens with zero attached hydrogens (tertiary/aromatic N) is 2. The summed E-state index contributed by atoms with van der Waals surface area (Å²) in [5.74, 6) is 1.10. The van der Waals surface area contributed by atoms with E-state index in [4.69, 9.17) is 4.74 Å². The summed E-state index contributed by atoms with van der Waals surface area (Å²) in [7, 11) is 2.03. The third-order valence-electron chi connectivity index (χ3n) is 2.98. The maximum absolute atomic E-state index is 5.69. The number of aromatic nitrogens is 2. The summed E-state index contributed by atoms with van der Waals surface area (Å²) < 4.78 is 7.76. The van der Waals surface area contributed by atoms with Gasteiger partial charge in [0.25, 0.3) is 0 Å². The van der Waals surface area contributed by atoms with Crippen molar-refractivity contribution in [2.24, 2.45) is 7.05 Å². The monoisotopic (exact) mass is 239 g/mol. The van der Waals surface area contributed by atoms with Crippen LogP contribution in [-0.2, 0) is 18.2 Å².